The molecule has 2 amide bonds. The second-order valence-corrected chi connectivity index (χ2v) is 9.79. The van der Waals surface area contributed by atoms with Gasteiger partial charge in [-0.2, -0.15) is 4.31 Å². The molecule has 0 atom stereocenters. The van der Waals surface area contributed by atoms with Crippen LogP contribution in [0.3, 0.4) is 0 Å². The van der Waals surface area contributed by atoms with Crippen molar-refractivity contribution in [1.29, 1.82) is 0 Å². The first-order valence-electron chi connectivity index (χ1n) is 11.0. The Kier molecular flexibility index (Phi) is 7.29. The van der Waals surface area contributed by atoms with Crippen LogP contribution in [0.5, 0.6) is 0 Å². The maximum absolute atomic E-state index is 12.8. The second kappa shape index (κ2) is 10.5. The zero-order chi connectivity index (χ0) is 24.0. The van der Waals surface area contributed by atoms with Crippen LogP contribution >= 0.6 is 0 Å². The quantitative estimate of drug-likeness (QED) is 0.431. The molecule has 0 radical (unpaired) electrons. The summed E-state index contributed by atoms with van der Waals surface area (Å²) in [6.07, 6.45) is 3.24. The third-order valence-electron chi connectivity index (χ3n) is 5.43. The Bertz CT molecular complexity index is 1250. The van der Waals surface area contributed by atoms with Crippen molar-refractivity contribution in [2.45, 2.75) is 24.3 Å². The smallest absolute Gasteiger partial charge is 0.253 e. The first-order valence-corrected chi connectivity index (χ1v) is 12.4. The minimum atomic E-state index is -3.57. The van der Waals surface area contributed by atoms with E-state index in [-0.39, 0.29) is 29.8 Å². The fraction of sp³-hybridized carbons (Fsp3) is 0.250. The molecular weight excluding hydrogens is 456 g/mol. The molecular formula is C24H26N4O5S. The Balaban J connectivity index is 1.36. The predicted molar refractivity (Wildman–Crippen MR) is 128 cm³/mol. The fourth-order valence-corrected chi connectivity index (χ4v) is 5.27. The molecule has 1 saturated heterocycles. The highest BCUT2D eigenvalue weighted by Gasteiger charge is 2.27. The second-order valence-electron chi connectivity index (χ2n) is 7.85. The van der Waals surface area contributed by atoms with Gasteiger partial charge in [-0.3, -0.25) is 9.59 Å². The van der Waals surface area contributed by atoms with E-state index in [1.807, 2.05) is 0 Å². The number of sulfonamides is 1. The van der Waals surface area contributed by atoms with E-state index in [0.717, 1.165) is 12.8 Å². The molecule has 2 heterocycles. The molecule has 0 spiro atoms. The van der Waals surface area contributed by atoms with Crippen LogP contribution in [0.25, 0.3) is 0 Å². The van der Waals surface area contributed by atoms with E-state index in [1.54, 1.807) is 48.5 Å². The third-order valence-corrected chi connectivity index (χ3v) is 7.33. The number of carbonyl (C=O) groups is 2. The molecule has 1 aromatic heterocycles. The molecule has 1 fully saturated rings. The number of nitrogens with one attached hydrogen (secondary N) is 3. The maximum atomic E-state index is 12.8. The highest BCUT2D eigenvalue weighted by Crippen LogP contribution is 2.23. The van der Waals surface area contributed by atoms with Crippen LogP contribution in [0.1, 0.15) is 29.0 Å². The largest absolute Gasteiger partial charge is 0.467 e. The van der Waals surface area contributed by atoms with Gasteiger partial charge in [0.1, 0.15) is 5.76 Å². The molecule has 34 heavy (non-hydrogen) atoms. The molecule has 1 aliphatic rings. The number of amides is 2. The molecule has 0 saturated carbocycles. The van der Waals surface area contributed by atoms with E-state index in [1.165, 1.54) is 22.7 Å². The van der Waals surface area contributed by atoms with Gasteiger partial charge in [0, 0.05) is 24.5 Å². The molecule has 9 nitrogen and oxygen atoms in total. The highest BCUT2D eigenvalue weighted by atomic mass is 32.2. The van der Waals surface area contributed by atoms with E-state index >= 15 is 0 Å². The van der Waals surface area contributed by atoms with Gasteiger partial charge < -0.3 is 20.4 Å². The van der Waals surface area contributed by atoms with Gasteiger partial charge in [-0.15, -0.1) is 0 Å². The van der Waals surface area contributed by atoms with Crippen LogP contribution in [-0.2, 0) is 21.4 Å². The Labute approximate surface area is 198 Å². The van der Waals surface area contributed by atoms with Crippen molar-refractivity contribution in [3.8, 4) is 0 Å². The Morgan fingerprint density at radius 3 is 2.53 bits per heavy atom. The molecule has 178 valence electrons. The summed E-state index contributed by atoms with van der Waals surface area (Å²) in [4.78, 5) is 25.3. The van der Waals surface area contributed by atoms with Crippen molar-refractivity contribution in [2.24, 2.45) is 0 Å². The fourth-order valence-electron chi connectivity index (χ4n) is 3.70. The molecule has 3 N–H and O–H groups in total. The minimum absolute atomic E-state index is 0.106. The zero-order valence-corrected chi connectivity index (χ0v) is 19.3. The van der Waals surface area contributed by atoms with Gasteiger partial charge in [0.25, 0.3) is 5.91 Å². The van der Waals surface area contributed by atoms with Gasteiger partial charge in [0.15, 0.2) is 0 Å². The van der Waals surface area contributed by atoms with Crippen molar-refractivity contribution in [1.82, 2.24) is 9.62 Å². The van der Waals surface area contributed by atoms with E-state index in [0.29, 0.717) is 35.8 Å². The lowest BCUT2D eigenvalue weighted by Gasteiger charge is -2.16. The van der Waals surface area contributed by atoms with Crippen molar-refractivity contribution < 1.29 is 22.4 Å². The van der Waals surface area contributed by atoms with E-state index < -0.39 is 10.0 Å². The molecule has 0 aliphatic carbocycles. The lowest BCUT2D eigenvalue weighted by atomic mass is 10.1. The average Bonchev–Trinajstić information content (AvgIpc) is 3.56. The first-order chi connectivity index (χ1) is 16.4. The van der Waals surface area contributed by atoms with Crippen LogP contribution in [0.4, 0.5) is 11.4 Å². The molecule has 10 heteroatoms. The van der Waals surface area contributed by atoms with Crippen LogP contribution < -0.4 is 16.0 Å². The summed E-state index contributed by atoms with van der Waals surface area (Å²) in [5, 5.41) is 8.46. The lowest BCUT2D eigenvalue weighted by Crippen LogP contribution is -2.28. The molecule has 4 rings (SSSR count). The maximum Gasteiger partial charge on any atom is 0.253 e. The van der Waals surface area contributed by atoms with Crippen molar-refractivity contribution in [3.05, 3.63) is 78.3 Å². The highest BCUT2D eigenvalue weighted by molar-refractivity contribution is 7.89. The molecule has 0 bridgehead atoms. The minimum Gasteiger partial charge on any atom is -0.467 e. The number of nitrogens with zero attached hydrogens (tertiary/aromatic N) is 1. The van der Waals surface area contributed by atoms with Gasteiger partial charge in [0.05, 0.1) is 29.8 Å². The van der Waals surface area contributed by atoms with Gasteiger partial charge in [0.2, 0.25) is 15.9 Å². The van der Waals surface area contributed by atoms with Gasteiger partial charge >= 0.3 is 0 Å². The summed E-state index contributed by atoms with van der Waals surface area (Å²) in [5.41, 5.74) is 1.28. The average molecular weight is 483 g/mol. The summed E-state index contributed by atoms with van der Waals surface area (Å²) in [5.74, 6) is -0.0478. The van der Waals surface area contributed by atoms with Crippen molar-refractivity contribution >= 4 is 33.2 Å². The lowest BCUT2D eigenvalue weighted by molar-refractivity contribution is -0.114. The van der Waals surface area contributed by atoms with Crippen LogP contribution in [0, 0.1) is 0 Å². The number of hydrogen-bond donors (Lipinski definition) is 3. The zero-order valence-electron chi connectivity index (χ0n) is 18.5. The third kappa shape index (κ3) is 5.64. The molecule has 1 aliphatic heterocycles. The van der Waals surface area contributed by atoms with Crippen LogP contribution in [-0.4, -0.2) is 44.2 Å². The number of rotatable bonds is 9. The molecule has 0 unspecified atom stereocenters. The van der Waals surface area contributed by atoms with Crippen molar-refractivity contribution in [3.63, 3.8) is 0 Å². The molecule has 3 aromatic rings. The summed E-state index contributed by atoms with van der Waals surface area (Å²) in [6, 6.07) is 16.6. The van der Waals surface area contributed by atoms with Crippen LogP contribution in [0.2, 0.25) is 0 Å². The number of para-hydroxylation sites is 1. The molecule has 2 aromatic carbocycles. The van der Waals surface area contributed by atoms with E-state index in [4.69, 9.17) is 4.42 Å². The predicted octanol–water partition coefficient (Wildman–Crippen LogP) is 3.04. The normalized spacial score (nSPS) is 14.0. The number of hydrogen-bond acceptors (Lipinski definition) is 6. The standard InChI is InChI=1S/C24H26N4O5S/c29-23(27-18-7-5-9-20(15-18)34(31,32)28-12-3-4-13-28)17-25-22-11-2-1-10-21(22)24(30)26-16-19-8-6-14-33-19/h1-2,5-11,14-15,25H,3-4,12-13,16-17H2,(H,26,30)(H,27,29). The Hall–Kier alpha value is -3.63. The number of furan rings is 1. The topological polar surface area (TPSA) is 121 Å². The van der Waals surface area contributed by atoms with Gasteiger partial charge in [-0.25, -0.2) is 8.42 Å². The van der Waals surface area contributed by atoms with Gasteiger partial charge in [-0.1, -0.05) is 18.2 Å². The van der Waals surface area contributed by atoms with E-state index in [2.05, 4.69) is 16.0 Å². The Morgan fingerprint density at radius 1 is 0.971 bits per heavy atom. The van der Waals surface area contributed by atoms with Gasteiger partial charge in [-0.05, 0) is 55.3 Å². The van der Waals surface area contributed by atoms with E-state index in [9.17, 15) is 18.0 Å². The van der Waals surface area contributed by atoms with Crippen molar-refractivity contribution in [2.75, 3.05) is 30.3 Å². The summed E-state index contributed by atoms with van der Waals surface area (Å²) in [7, 11) is -3.57. The monoisotopic (exact) mass is 482 g/mol. The SMILES string of the molecule is O=C(CNc1ccccc1C(=O)NCc1ccco1)Nc1cccc(S(=O)(=O)N2CCCC2)c1. The summed E-state index contributed by atoms with van der Waals surface area (Å²) in [6.45, 7) is 1.16. The number of anilines is 2. The summed E-state index contributed by atoms with van der Waals surface area (Å²) < 4.78 is 32.2. The Morgan fingerprint density at radius 2 is 1.76 bits per heavy atom. The van der Waals surface area contributed by atoms with Crippen LogP contribution in [0.15, 0.2) is 76.2 Å². The number of benzene rings is 2. The first kappa shape index (κ1) is 23.5. The summed E-state index contributed by atoms with van der Waals surface area (Å²) >= 11 is 0. The number of carbonyl (C=O) groups excluding carboxylic acids is 2.